The molecule has 0 spiro atoms. The summed E-state index contributed by atoms with van der Waals surface area (Å²) >= 11 is 1.38. The minimum Gasteiger partial charge on any atom is -0.459 e. The van der Waals surface area contributed by atoms with Gasteiger partial charge in [0.05, 0.1) is 5.57 Å². The number of ketones is 1. The van der Waals surface area contributed by atoms with Gasteiger partial charge in [0.1, 0.15) is 19.3 Å². The number of fused-ring (bicyclic) bond motifs is 1. The van der Waals surface area contributed by atoms with E-state index >= 15 is 0 Å². The Balaban J connectivity index is 1.64. The van der Waals surface area contributed by atoms with Gasteiger partial charge in [0.2, 0.25) is 0 Å². The highest BCUT2D eigenvalue weighted by Gasteiger charge is 2.32. The molecule has 0 radical (unpaired) electrons. The van der Waals surface area contributed by atoms with Gasteiger partial charge in [-0.2, -0.15) is 0 Å². The van der Waals surface area contributed by atoms with Crippen LogP contribution >= 0.6 is 11.8 Å². The van der Waals surface area contributed by atoms with Gasteiger partial charge in [-0.25, -0.2) is 9.59 Å². The minimum absolute atomic E-state index is 0.000273. The molecule has 0 amide bonds. The number of hydrogen-bond donors (Lipinski definition) is 1. The first-order valence-electron chi connectivity index (χ1n) is 8.77. The number of allylic oxidation sites excluding steroid dienone is 2. The lowest BCUT2D eigenvalue weighted by molar-refractivity contribution is -0.147. The van der Waals surface area contributed by atoms with Crippen LogP contribution in [0.5, 0.6) is 0 Å². The molecule has 2 aliphatic rings. The van der Waals surface area contributed by atoms with Crippen LogP contribution in [0.25, 0.3) is 0 Å². The van der Waals surface area contributed by atoms with E-state index in [2.05, 4.69) is 6.58 Å². The number of esters is 2. The van der Waals surface area contributed by atoms with Crippen molar-refractivity contribution in [3.63, 3.8) is 0 Å². The van der Waals surface area contributed by atoms with Crippen LogP contribution in [-0.4, -0.2) is 42.1 Å². The monoisotopic (exact) mass is 400 g/mol. The van der Waals surface area contributed by atoms with Crippen molar-refractivity contribution in [2.45, 2.75) is 30.8 Å². The predicted octanol–water partition coefficient (Wildman–Crippen LogP) is 2.51. The van der Waals surface area contributed by atoms with Crippen LogP contribution in [0.2, 0.25) is 0 Å². The van der Waals surface area contributed by atoms with Crippen molar-refractivity contribution >= 4 is 29.5 Å². The van der Waals surface area contributed by atoms with Gasteiger partial charge in [0, 0.05) is 33.8 Å². The molecule has 1 aromatic carbocycles. The zero-order valence-electron chi connectivity index (χ0n) is 15.4. The molecule has 1 atom stereocenters. The Hall–Kier alpha value is -2.64. The van der Waals surface area contributed by atoms with Crippen molar-refractivity contribution in [2.24, 2.45) is 0 Å². The molecule has 0 saturated heterocycles. The lowest BCUT2D eigenvalue weighted by Crippen LogP contribution is -2.27. The lowest BCUT2D eigenvalue weighted by atomic mass is 9.92. The molecule has 1 heterocycles. The van der Waals surface area contributed by atoms with E-state index in [1.165, 1.54) is 18.7 Å². The standard InChI is InChI=1S/C21H20O6S/c1-12(2)20(24)26-10-14(22)11-27-21(25)15-7-8-17(23)16-9-13-5-3-4-6-18(13)28-19(15)16/h3-7,14,22H,1,8-11H2,2H3. The lowest BCUT2D eigenvalue weighted by Gasteiger charge is -2.25. The van der Waals surface area contributed by atoms with Gasteiger partial charge in [-0.1, -0.05) is 42.6 Å². The normalized spacial score (nSPS) is 16.5. The summed E-state index contributed by atoms with van der Waals surface area (Å²) in [7, 11) is 0. The Bertz CT molecular complexity index is 911. The molecule has 1 N–H and O–H groups in total. The van der Waals surface area contributed by atoms with Crippen molar-refractivity contribution in [3.8, 4) is 0 Å². The molecule has 0 aromatic heterocycles. The SMILES string of the molecule is C=C(C)C(=O)OCC(O)COC(=O)C1=CCC(=O)C2=C1Sc1ccccc1C2. The number of carbonyl (C=O) groups is 3. The Labute approximate surface area is 166 Å². The fraction of sp³-hybridized carbons (Fsp3) is 0.286. The highest BCUT2D eigenvalue weighted by Crippen LogP contribution is 2.44. The maximum atomic E-state index is 12.5. The predicted molar refractivity (Wildman–Crippen MR) is 103 cm³/mol. The van der Waals surface area contributed by atoms with E-state index in [0.29, 0.717) is 22.5 Å². The summed E-state index contributed by atoms with van der Waals surface area (Å²) < 4.78 is 10.0. The van der Waals surface area contributed by atoms with E-state index in [0.717, 1.165) is 10.5 Å². The van der Waals surface area contributed by atoms with Crippen LogP contribution in [0.4, 0.5) is 0 Å². The molecular formula is C21H20O6S. The van der Waals surface area contributed by atoms with Crippen molar-refractivity contribution < 1.29 is 29.0 Å². The van der Waals surface area contributed by atoms with E-state index in [4.69, 9.17) is 9.47 Å². The van der Waals surface area contributed by atoms with Gasteiger partial charge < -0.3 is 14.6 Å². The summed E-state index contributed by atoms with van der Waals surface area (Å²) in [4.78, 5) is 37.8. The second-order valence-electron chi connectivity index (χ2n) is 6.57. The Morgan fingerprint density at radius 2 is 1.96 bits per heavy atom. The van der Waals surface area contributed by atoms with Gasteiger partial charge in [-0.15, -0.1) is 0 Å². The van der Waals surface area contributed by atoms with Crippen LogP contribution in [0.1, 0.15) is 18.9 Å². The van der Waals surface area contributed by atoms with Crippen molar-refractivity contribution in [1.29, 1.82) is 0 Å². The van der Waals surface area contributed by atoms with E-state index in [1.807, 2.05) is 24.3 Å². The number of Topliss-reactive ketones (excluding diaryl/α,β-unsaturated/α-hetero) is 1. The first kappa shape index (κ1) is 20.1. The Morgan fingerprint density at radius 1 is 1.25 bits per heavy atom. The summed E-state index contributed by atoms with van der Waals surface area (Å²) in [5.41, 5.74) is 2.23. The minimum atomic E-state index is -1.15. The van der Waals surface area contributed by atoms with Crippen molar-refractivity contribution in [2.75, 3.05) is 13.2 Å². The van der Waals surface area contributed by atoms with Gasteiger partial charge in [0.15, 0.2) is 5.78 Å². The number of benzene rings is 1. The Kier molecular flexibility index (Phi) is 6.16. The van der Waals surface area contributed by atoms with Crippen molar-refractivity contribution in [1.82, 2.24) is 0 Å². The second-order valence-corrected chi connectivity index (χ2v) is 7.62. The van der Waals surface area contributed by atoms with Crippen LogP contribution < -0.4 is 0 Å². The van der Waals surface area contributed by atoms with E-state index < -0.39 is 18.0 Å². The van der Waals surface area contributed by atoms with Crippen LogP contribution in [0, 0.1) is 0 Å². The van der Waals surface area contributed by atoms with Crippen LogP contribution in [0.15, 0.2) is 63.4 Å². The van der Waals surface area contributed by atoms with Gasteiger partial charge in [-0.05, 0) is 18.6 Å². The average Bonchev–Trinajstić information content (AvgIpc) is 2.69. The van der Waals surface area contributed by atoms with Gasteiger partial charge >= 0.3 is 11.9 Å². The number of hydrogen-bond acceptors (Lipinski definition) is 7. The molecule has 0 bridgehead atoms. The van der Waals surface area contributed by atoms with E-state index in [1.54, 1.807) is 6.08 Å². The molecular weight excluding hydrogens is 380 g/mol. The molecule has 1 unspecified atom stereocenters. The Morgan fingerprint density at radius 3 is 2.71 bits per heavy atom. The fourth-order valence-electron chi connectivity index (χ4n) is 2.81. The molecule has 28 heavy (non-hydrogen) atoms. The molecule has 3 rings (SSSR count). The largest absolute Gasteiger partial charge is 0.459 e. The highest BCUT2D eigenvalue weighted by molar-refractivity contribution is 8.03. The second kappa shape index (κ2) is 8.58. The molecule has 1 aromatic rings. The third-order valence-corrected chi connectivity index (χ3v) is 5.57. The number of rotatable bonds is 6. The molecule has 7 heteroatoms. The van der Waals surface area contributed by atoms with Gasteiger partial charge in [0.25, 0.3) is 0 Å². The number of aliphatic hydroxyl groups excluding tert-OH is 1. The molecule has 0 fully saturated rings. The van der Waals surface area contributed by atoms with Crippen LogP contribution in [0.3, 0.4) is 0 Å². The maximum absolute atomic E-state index is 12.5. The van der Waals surface area contributed by atoms with E-state index in [9.17, 15) is 19.5 Å². The summed E-state index contributed by atoms with van der Waals surface area (Å²) in [5, 5.41) is 9.86. The highest BCUT2D eigenvalue weighted by atomic mass is 32.2. The summed E-state index contributed by atoms with van der Waals surface area (Å²) in [6.45, 7) is 4.32. The summed E-state index contributed by atoms with van der Waals surface area (Å²) in [5.74, 6) is -1.23. The molecule has 1 aliphatic carbocycles. The van der Waals surface area contributed by atoms with Crippen molar-refractivity contribution in [3.05, 3.63) is 64.1 Å². The quantitative estimate of drug-likeness (QED) is 0.580. The van der Waals surface area contributed by atoms with E-state index in [-0.39, 0.29) is 31.0 Å². The topological polar surface area (TPSA) is 89.9 Å². The summed E-state index contributed by atoms with van der Waals surface area (Å²) in [6, 6.07) is 7.75. The first-order chi connectivity index (χ1) is 13.4. The first-order valence-corrected chi connectivity index (χ1v) is 9.59. The van der Waals surface area contributed by atoms with Gasteiger partial charge in [-0.3, -0.25) is 4.79 Å². The number of ether oxygens (including phenoxy) is 2. The molecule has 0 saturated carbocycles. The number of thioether (sulfide) groups is 1. The zero-order valence-corrected chi connectivity index (χ0v) is 16.2. The smallest absolute Gasteiger partial charge is 0.339 e. The van der Waals surface area contributed by atoms with Crippen LogP contribution in [-0.2, 0) is 30.3 Å². The maximum Gasteiger partial charge on any atom is 0.339 e. The molecule has 146 valence electrons. The molecule has 1 aliphatic heterocycles. The average molecular weight is 400 g/mol. The third-order valence-electron chi connectivity index (χ3n) is 4.28. The zero-order chi connectivity index (χ0) is 20.3. The fourth-order valence-corrected chi connectivity index (χ4v) is 4.04. The molecule has 6 nitrogen and oxygen atoms in total. The summed E-state index contributed by atoms with van der Waals surface area (Å²) in [6.07, 6.45) is 1.05. The third kappa shape index (κ3) is 4.43. The number of aliphatic hydroxyl groups is 1. The number of carbonyl (C=O) groups excluding carboxylic acids is 3.